The van der Waals surface area contributed by atoms with E-state index in [0.717, 1.165) is 0 Å². The Bertz CT molecular complexity index is 596. The van der Waals surface area contributed by atoms with Crippen LogP contribution in [0.1, 0.15) is 47.4 Å². The molecule has 0 fully saturated rings. The third-order valence-electron chi connectivity index (χ3n) is 3.38. The van der Waals surface area contributed by atoms with Crippen molar-refractivity contribution in [2.75, 3.05) is 13.1 Å². The van der Waals surface area contributed by atoms with Crippen LogP contribution in [-0.4, -0.2) is 36.8 Å². The van der Waals surface area contributed by atoms with E-state index in [-0.39, 0.29) is 11.7 Å². The molecule has 1 aromatic rings. The number of hydrogen-bond donors (Lipinski definition) is 2. The Morgan fingerprint density at radius 1 is 1.36 bits per heavy atom. The number of ketones is 1. The standard InChI is InChI=1S/C16H20N2O4/c1-16(2)9-13(20)12-8-11(4-5-14(12)22-16)15(21)18-7-3-6-17-10-19/h4-5,8,10H,3,6-7,9H2,1-2H3,(H,17,19)(H,18,21). The highest BCUT2D eigenvalue weighted by molar-refractivity contribution is 6.03. The van der Waals surface area contributed by atoms with Gasteiger partial charge in [0.05, 0.1) is 12.0 Å². The van der Waals surface area contributed by atoms with Crippen LogP contribution in [0.25, 0.3) is 0 Å². The average Bonchev–Trinajstić information content (AvgIpc) is 2.45. The molecular weight excluding hydrogens is 284 g/mol. The Morgan fingerprint density at radius 2 is 2.14 bits per heavy atom. The van der Waals surface area contributed by atoms with Crippen LogP contribution >= 0.6 is 0 Å². The van der Waals surface area contributed by atoms with Crippen molar-refractivity contribution in [3.8, 4) is 5.75 Å². The lowest BCUT2D eigenvalue weighted by molar-refractivity contribution is -0.109. The average molecular weight is 304 g/mol. The molecule has 0 bridgehead atoms. The van der Waals surface area contributed by atoms with E-state index in [2.05, 4.69) is 10.6 Å². The van der Waals surface area contributed by atoms with Crippen LogP contribution in [0.5, 0.6) is 5.75 Å². The van der Waals surface area contributed by atoms with Crippen molar-refractivity contribution in [3.63, 3.8) is 0 Å². The zero-order valence-electron chi connectivity index (χ0n) is 12.8. The third kappa shape index (κ3) is 3.84. The van der Waals surface area contributed by atoms with Crippen molar-refractivity contribution in [2.24, 2.45) is 0 Å². The van der Waals surface area contributed by atoms with E-state index in [1.165, 1.54) is 0 Å². The SMILES string of the molecule is CC1(C)CC(=O)c2cc(C(=O)NCCCNC=O)ccc2O1. The topological polar surface area (TPSA) is 84.5 Å². The van der Waals surface area contributed by atoms with Crippen LogP contribution in [0.2, 0.25) is 0 Å². The van der Waals surface area contributed by atoms with Crippen molar-refractivity contribution in [1.29, 1.82) is 0 Å². The van der Waals surface area contributed by atoms with Gasteiger partial charge in [-0.05, 0) is 38.5 Å². The summed E-state index contributed by atoms with van der Waals surface area (Å²) in [7, 11) is 0. The molecule has 2 rings (SSSR count). The highest BCUT2D eigenvalue weighted by atomic mass is 16.5. The first-order chi connectivity index (χ1) is 10.4. The molecule has 0 saturated carbocycles. The highest BCUT2D eigenvalue weighted by Crippen LogP contribution is 2.33. The zero-order valence-corrected chi connectivity index (χ0v) is 12.8. The minimum atomic E-state index is -0.514. The van der Waals surface area contributed by atoms with E-state index in [9.17, 15) is 14.4 Å². The monoisotopic (exact) mass is 304 g/mol. The molecule has 0 saturated heterocycles. The first-order valence-corrected chi connectivity index (χ1v) is 7.24. The Labute approximate surface area is 129 Å². The molecule has 0 spiro atoms. The molecular formula is C16H20N2O4. The van der Waals surface area contributed by atoms with Crippen LogP contribution < -0.4 is 15.4 Å². The number of carbonyl (C=O) groups is 3. The lowest BCUT2D eigenvalue weighted by atomic mass is 9.92. The van der Waals surface area contributed by atoms with E-state index in [0.29, 0.717) is 49.2 Å². The normalized spacial score (nSPS) is 15.5. The lowest BCUT2D eigenvalue weighted by Crippen LogP contribution is -2.36. The van der Waals surface area contributed by atoms with Crippen LogP contribution in [0, 0.1) is 0 Å². The number of fused-ring (bicyclic) bond motifs is 1. The van der Waals surface area contributed by atoms with Crippen molar-refractivity contribution in [1.82, 2.24) is 10.6 Å². The van der Waals surface area contributed by atoms with Gasteiger partial charge >= 0.3 is 0 Å². The largest absolute Gasteiger partial charge is 0.487 e. The second kappa shape index (κ2) is 6.60. The second-order valence-electron chi connectivity index (χ2n) is 5.85. The molecule has 0 aromatic heterocycles. The second-order valence-corrected chi connectivity index (χ2v) is 5.85. The quantitative estimate of drug-likeness (QED) is 0.613. The number of benzene rings is 1. The lowest BCUT2D eigenvalue weighted by Gasteiger charge is -2.31. The predicted octanol–water partition coefficient (Wildman–Crippen LogP) is 1.30. The summed E-state index contributed by atoms with van der Waals surface area (Å²) < 4.78 is 5.76. The van der Waals surface area contributed by atoms with Gasteiger partial charge in [0.25, 0.3) is 5.91 Å². The Balaban J connectivity index is 2.02. The van der Waals surface area contributed by atoms with Crippen molar-refractivity contribution >= 4 is 18.1 Å². The molecule has 0 atom stereocenters. The highest BCUT2D eigenvalue weighted by Gasteiger charge is 2.32. The van der Waals surface area contributed by atoms with Crippen LogP contribution in [0.3, 0.4) is 0 Å². The number of Topliss-reactive ketones (excluding diaryl/α,β-unsaturated/α-hetero) is 1. The molecule has 2 amide bonds. The number of amides is 2. The summed E-state index contributed by atoms with van der Waals surface area (Å²) in [5.74, 6) is 0.260. The van der Waals surface area contributed by atoms with Gasteiger partial charge in [0, 0.05) is 18.7 Å². The van der Waals surface area contributed by atoms with E-state index in [4.69, 9.17) is 4.74 Å². The summed E-state index contributed by atoms with van der Waals surface area (Å²) >= 11 is 0. The van der Waals surface area contributed by atoms with Gasteiger partial charge in [-0.2, -0.15) is 0 Å². The number of carbonyl (C=O) groups excluding carboxylic acids is 3. The van der Waals surface area contributed by atoms with Gasteiger partial charge in [0.1, 0.15) is 11.4 Å². The van der Waals surface area contributed by atoms with Gasteiger partial charge in [-0.1, -0.05) is 0 Å². The molecule has 22 heavy (non-hydrogen) atoms. The first kappa shape index (κ1) is 16.0. The Hall–Kier alpha value is -2.37. The number of nitrogens with one attached hydrogen (secondary N) is 2. The molecule has 1 aliphatic rings. The minimum Gasteiger partial charge on any atom is -0.487 e. The molecule has 118 valence electrons. The molecule has 1 aromatic carbocycles. The van der Waals surface area contributed by atoms with Gasteiger partial charge in [0.2, 0.25) is 6.41 Å². The van der Waals surface area contributed by atoms with E-state index in [1.807, 2.05) is 13.8 Å². The molecule has 0 unspecified atom stereocenters. The van der Waals surface area contributed by atoms with Crippen LogP contribution in [-0.2, 0) is 4.79 Å². The fourth-order valence-corrected chi connectivity index (χ4v) is 2.35. The zero-order chi connectivity index (χ0) is 16.2. The molecule has 6 nitrogen and oxygen atoms in total. The molecule has 1 aliphatic heterocycles. The van der Waals surface area contributed by atoms with Gasteiger partial charge in [0.15, 0.2) is 5.78 Å². The molecule has 2 N–H and O–H groups in total. The fraction of sp³-hybridized carbons (Fsp3) is 0.438. The van der Waals surface area contributed by atoms with Crippen molar-refractivity contribution in [2.45, 2.75) is 32.3 Å². The summed E-state index contributed by atoms with van der Waals surface area (Å²) in [5, 5.41) is 5.27. The molecule has 0 aliphatic carbocycles. The number of rotatable bonds is 6. The summed E-state index contributed by atoms with van der Waals surface area (Å²) in [6.07, 6.45) is 1.56. The predicted molar refractivity (Wildman–Crippen MR) is 81.1 cm³/mol. The molecule has 1 heterocycles. The van der Waals surface area contributed by atoms with Crippen LogP contribution in [0.4, 0.5) is 0 Å². The van der Waals surface area contributed by atoms with Crippen molar-refractivity contribution in [3.05, 3.63) is 29.3 Å². The smallest absolute Gasteiger partial charge is 0.251 e. The van der Waals surface area contributed by atoms with E-state index < -0.39 is 5.60 Å². The molecule has 6 heteroatoms. The van der Waals surface area contributed by atoms with Gasteiger partial charge < -0.3 is 15.4 Å². The van der Waals surface area contributed by atoms with E-state index in [1.54, 1.807) is 18.2 Å². The summed E-state index contributed by atoms with van der Waals surface area (Å²) in [6.45, 7) is 4.69. The fourth-order valence-electron chi connectivity index (χ4n) is 2.35. The molecule has 0 radical (unpaired) electrons. The number of hydrogen-bond acceptors (Lipinski definition) is 4. The number of ether oxygens (including phenoxy) is 1. The van der Waals surface area contributed by atoms with Gasteiger partial charge in [-0.15, -0.1) is 0 Å². The minimum absolute atomic E-state index is 0.0175. The summed E-state index contributed by atoms with van der Waals surface area (Å²) in [4.78, 5) is 34.3. The maximum absolute atomic E-state index is 12.2. The van der Waals surface area contributed by atoms with Crippen LogP contribution in [0.15, 0.2) is 18.2 Å². The van der Waals surface area contributed by atoms with Gasteiger partial charge in [-0.25, -0.2) is 0 Å². The maximum Gasteiger partial charge on any atom is 0.251 e. The first-order valence-electron chi connectivity index (χ1n) is 7.24. The van der Waals surface area contributed by atoms with Gasteiger partial charge in [-0.3, -0.25) is 14.4 Å². The van der Waals surface area contributed by atoms with E-state index >= 15 is 0 Å². The Morgan fingerprint density at radius 3 is 2.86 bits per heavy atom. The summed E-state index contributed by atoms with van der Waals surface area (Å²) in [6, 6.07) is 4.88. The summed E-state index contributed by atoms with van der Waals surface area (Å²) in [5.41, 5.74) is 0.368. The third-order valence-corrected chi connectivity index (χ3v) is 3.38. The maximum atomic E-state index is 12.2. The Kier molecular flexibility index (Phi) is 4.80. The van der Waals surface area contributed by atoms with Crippen molar-refractivity contribution < 1.29 is 19.1 Å².